The Morgan fingerprint density at radius 2 is 2.06 bits per heavy atom. The van der Waals surface area contributed by atoms with Gasteiger partial charge in [0.2, 0.25) is 0 Å². The molecule has 11 heteroatoms. The van der Waals surface area contributed by atoms with E-state index < -0.39 is 18.7 Å². The summed E-state index contributed by atoms with van der Waals surface area (Å²) in [7, 11) is 0. The number of carbonyl (C=O) groups is 1. The van der Waals surface area contributed by atoms with Gasteiger partial charge < -0.3 is 15.0 Å². The predicted molar refractivity (Wildman–Crippen MR) is 114 cm³/mol. The molecule has 0 atom stereocenters. The maximum Gasteiger partial charge on any atom is 0.422 e. The molecule has 32 heavy (non-hydrogen) atoms. The number of H-pyrrole nitrogens is 1. The van der Waals surface area contributed by atoms with E-state index in [1.54, 1.807) is 6.07 Å². The van der Waals surface area contributed by atoms with Crippen molar-refractivity contribution in [1.29, 1.82) is 5.26 Å². The van der Waals surface area contributed by atoms with Gasteiger partial charge in [-0.3, -0.25) is 14.2 Å². The Hall–Kier alpha value is -3.91. The minimum absolute atomic E-state index is 0.169. The summed E-state index contributed by atoms with van der Waals surface area (Å²) in [5.41, 5.74) is 0.239. The van der Waals surface area contributed by atoms with Gasteiger partial charge in [0.1, 0.15) is 11.8 Å². The molecule has 0 saturated carbocycles. The molecule has 7 nitrogen and oxygen atoms in total. The van der Waals surface area contributed by atoms with Gasteiger partial charge in [0, 0.05) is 17.8 Å². The molecule has 1 heterocycles. The summed E-state index contributed by atoms with van der Waals surface area (Å²) in [5, 5.41) is 12.1. The van der Waals surface area contributed by atoms with E-state index in [9.17, 15) is 28.0 Å². The van der Waals surface area contributed by atoms with Crippen LogP contribution in [0.1, 0.15) is 15.9 Å². The number of fused-ring (bicyclic) bond motifs is 1. The van der Waals surface area contributed by atoms with Crippen LogP contribution in [0.25, 0.3) is 10.9 Å². The lowest BCUT2D eigenvalue weighted by atomic mass is 10.1. The van der Waals surface area contributed by atoms with Gasteiger partial charge >= 0.3 is 6.18 Å². The molecule has 164 valence electrons. The Balaban J connectivity index is 1.86. The van der Waals surface area contributed by atoms with Crippen molar-refractivity contribution in [2.24, 2.45) is 0 Å². The van der Waals surface area contributed by atoms with Gasteiger partial charge in [-0.25, -0.2) is 0 Å². The largest absolute Gasteiger partial charge is 0.483 e. The average Bonchev–Trinajstić information content (AvgIpc) is 2.74. The Labute approximate surface area is 184 Å². The highest BCUT2D eigenvalue weighted by Crippen LogP contribution is 2.25. The van der Waals surface area contributed by atoms with Crippen LogP contribution in [0.5, 0.6) is 5.75 Å². The number of amides is 1. The van der Waals surface area contributed by atoms with Crippen molar-refractivity contribution in [3.63, 3.8) is 0 Å². The topological polar surface area (TPSA) is 99.9 Å². The molecule has 2 N–H and O–H groups in total. The van der Waals surface area contributed by atoms with E-state index in [-0.39, 0.29) is 39.4 Å². The number of aromatic amines is 1. The molecule has 0 saturated heterocycles. The van der Waals surface area contributed by atoms with Crippen LogP contribution in [0.3, 0.4) is 0 Å². The molecule has 2 aromatic carbocycles. The van der Waals surface area contributed by atoms with E-state index in [4.69, 9.17) is 12.2 Å². The number of ether oxygens (including phenoxy) is 1. The quantitative estimate of drug-likeness (QED) is 0.422. The van der Waals surface area contributed by atoms with E-state index in [0.717, 1.165) is 0 Å². The second-order valence-electron chi connectivity index (χ2n) is 6.58. The summed E-state index contributed by atoms with van der Waals surface area (Å²) in [6.45, 7) is 2.27. The molecule has 0 radical (unpaired) electrons. The Bertz CT molecular complexity index is 1370. The normalized spacial score (nSPS) is 11.1. The second kappa shape index (κ2) is 9.07. The summed E-state index contributed by atoms with van der Waals surface area (Å²) in [6.07, 6.45) is -3.01. The summed E-state index contributed by atoms with van der Waals surface area (Å²) in [6, 6.07) is 9.79. The molecule has 3 aromatic rings. The maximum atomic E-state index is 12.6. The van der Waals surface area contributed by atoms with Crippen LogP contribution < -0.4 is 15.6 Å². The van der Waals surface area contributed by atoms with Crippen LogP contribution in [0, 0.1) is 16.1 Å². The first-order chi connectivity index (χ1) is 15.1. The lowest BCUT2D eigenvalue weighted by Crippen LogP contribution is -2.22. The van der Waals surface area contributed by atoms with Crippen molar-refractivity contribution < 1.29 is 22.7 Å². The molecule has 0 bridgehead atoms. The van der Waals surface area contributed by atoms with Crippen molar-refractivity contribution in [2.45, 2.75) is 12.7 Å². The summed E-state index contributed by atoms with van der Waals surface area (Å²) in [5.74, 6) is -0.814. The van der Waals surface area contributed by atoms with Crippen molar-refractivity contribution in [3.05, 3.63) is 75.3 Å². The highest BCUT2D eigenvalue weighted by molar-refractivity contribution is 7.71. The number of nitrogens with zero attached hydrogens (tertiary/aromatic N) is 2. The van der Waals surface area contributed by atoms with Gasteiger partial charge in [0.25, 0.3) is 11.5 Å². The third kappa shape index (κ3) is 5.04. The van der Waals surface area contributed by atoms with Crippen LogP contribution >= 0.6 is 12.2 Å². The molecule has 0 aliphatic carbocycles. The zero-order chi connectivity index (χ0) is 23.5. The SMILES string of the molecule is C=CCn1c(=S)[nH]c2cc(C(=O)Nc3ccc(OCC(F)(F)F)c(C#N)c3)ccc2c1=O. The highest BCUT2D eigenvalue weighted by atomic mass is 32.1. The minimum atomic E-state index is -4.55. The molecule has 1 aromatic heterocycles. The Kier molecular flexibility index (Phi) is 6.45. The number of alkyl halides is 3. The fraction of sp³-hybridized carbons (Fsp3) is 0.143. The van der Waals surface area contributed by atoms with Crippen molar-refractivity contribution in [2.75, 3.05) is 11.9 Å². The summed E-state index contributed by atoms with van der Waals surface area (Å²) >= 11 is 5.18. The van der Waals surface area contributed by atoms with E-state index in [0.29, 0.717) is 10.9 Å². The second-order valence-corrected chi connectivity index (χ2v) is 6.96. The van der Waals surface area contributed by atoms with Crippen molar-refractivity contribution in [3.8, 4) is 11.8 Å². The first kappa shape index (κ1) is 22.8. The average molecular weight is 460 g/mol. The number of carbonyl (C=O) groups excluding carboxylic acids is 1. The summed E-state index contributed by atoms with van der Waals surface area (Å²) < 4.78 is 43.1. The lowest BCUT2D eigenvalue weighted by molar-refractivity contribution is -0.153. The third-order valence-corrected chi connectivity index (χ3v) is 4.63. The molecule has 0 aliphatic heterocycles. The van der Waals surface area contributed by atoms with Gasteiger partial charge in [0.05, 0.1) is 16.5 Å². The van der Waals surface area contributed by atoms with Crippen molar-refractivity contribution >= 4 is 34.7 Å². The Morgan fingerprint density at radius 1 is 1.31 bits per heavy atom. The fourth-order valence-corrected chi connectivity index (χ4v) is 3.14. The fourth-order valence-electron chi connectivity index (χ4n) is 2.87. The maximum absolute atomic E-state index is 12.6. The van der Waals surface area contributed by atoms with E-state index >= 15 is 0 Å². The first-order valence-electron chi connectivity index (χ1n) is 9.06. The molecule has 0 spiro atoms. The lowest BCUT2D eigenvalue weighted by Gasteiger charge is -2.12. The Morgan fingerprint density at radius 3 is 2.72 bits per heavy atom. The van der Waals surface area contributed by atoms with E-state index in [2.05, 4.69) is 21.6 Å². The van der Waals surface area contributed by atoms with Crippen molar-refractivity contribution in [1.82, 2.24) is 9.55 Å². The van der Waals surface area contributed by atoms with E-state index in [1.165, 1.54) is 47.0 Å². The third-order valence-electron chi connectivity index (χ3n) is 4.30. The number of aromatic nitrogens is 2. The van der Waals surface area contributed by atoms with Gasteiger partial charge in [0.15, 0.2) is 11.4 Å². The number of nitriles is 1. The number of nitrogens with one attached hydrogen (secondary N) is 2. The van der Waals surface area contributed by atoms with Crippen LogP contribution in [0.15, 0.2) is 53.8 Å². The zero-order valence-corrected chi connectivity index (χ0v) is 17.1. The van der Waals surface area contributed by atoms with Gasteiger partial charge in [-0.05, 0) is 48.6 Å². The molecule has 0 fully saturated rings. The monoisotopic (exact) mass is 460 g/mol. The zero-order valence-electron chi connectivity index (χ0n) is 16.3. The van der Waals surface area contributed by atoms with Crippen LogP contribution in [0.4, 0.5) is 18.9 Å². The van der Waals surface area contributed by atoms with E-state index in [1.807, 2.05) is 0 Å². The first-order valence-corrected chi connectivity index (χ1v) is 9.46. The number of allylic oxidation sites excluding steroid dienone is 1. The molecule has 1 amide bonds. The van der Waals surface area contributed by atoms with Gasteiger partial charge in [-0.1, -0.05) is 6.08 Å². The summed E-state index contributed by atoms with van der Waals surface area (Å²) in [4.78, 5) is 28.1. The highest BCUT2D eigenvalue weighted by Gasteiger charge is 2.29. The predicted octanol–water partition coefficient (Wildman–Crippen LogP) is 4.31. The number of hydrogen-bond acceptors (Lipinski definition) is 5. The number of anilines is 1. The van der Waals surface area contributed by atoms with Gasteiger partial charge in [-0.15, -0.1) is 6.58 Å². The molecular formula is C21H15F3N4O3S. The number of rotatable bonds is 6. The van der Waals surface area contributed by atoms with Crippen LogP contribution in [0.2, 0.25) is 0 Å². The number of halogens is 3. The standard InChI is InChI=1S/C21H15F3N4O3S/c1-2-7-28-19(30)15-5-3-12(9-16(15)27-20(28)32)18(29)26-14-4-6-17(13(8-14)10-25)31-11-21(22,23)24/h2-6,8-9H,1,7,11H2,(H,26,29)(H,27,32). The van der Waals surface area contributed by atoms with Crippen LogP contribution in [-0.2, 0) is 6.54 Å². The number of benzene rings is 2. The molecular weight excluding hydrogens is 445 g/mol. The molecule has 0 unspecified atom stereocenters. The van der Waals surface area contributed by atoms with Gasteiger partial charge in [-0.2, -0.15) is 18.4 Å². The molecule has 3 rings (SSSR count). The smallest absolute Gasteiger partial charge is 0.422 e. The molecule has 0 aliphatic rings. The number of hydrogen-bond donors (Lipinski definition) is 2. The minimum Gasteiger partial charge on any atom is -0.483 e. The van der Waals surface area contributed by atoms with Crippen LogP contribution in [-0.4, -0.2) is 28.2 Å².